The number of nitrogens with two attached hydrogens (primary N) is 1. The van der Waals surface area contributed by atoms with Crippen LogP contribution in [0.5, 0.6) is 0 Å². The van der Waals surface area contributed by atoms with Gasteiger partial charge in [0.1, 0.15) is 0 Å². The van der Waals surface area contributed by atoms with Crippen LogP contribution in [0, 0.1) is 6.92 Å². The van der Waals surface area contributed by atoms with E-state index < -0.39 is 0 Å². The second-order valence-corrected chi connectivity index (χ2v) is 8.39. The highest BCUT2D eigenvalue weighted by atomic mass is 32.2. The number of thiophene rings is 1. The molecule has 0 saturated heterocycles. The van der Waals surface area contributed by atoms with Crippen molar-refractivity contribution < 1.29 is 0 Å². The van der Waals surface area contributed by atoms with Crippen LogP contribution in [0.2, 0.25) is 0 Å². The predicted octanol–water partition coefficient (Wildman–Crippen LogP) is 5.24. The highest BCUT2D eigenvalue weighted by molar-refractivity contribution is 8.01. The van der Waals surface area contributed by atoms with Gasteiger partial charge in [0, 0.05) is 10.9 Å². The van der Waals surface area contributed by atoms with E-state index >= 15 is 0 Å². The van der Waals surface area contributed by atoms with Crippen LogP contribution in [0.1, 0.15) is 29.0 Å². The molecule has 2 atom stereocenters. The van der Waals surface area contributed by atoms with Crippen LogP contribution < -0.4 is 5.73 Å². The van der Waals surface area contributed by atoms with E-state index in [2.05, 4.69) is 43.5 Å². The molecule has 0 amide bonds. The van der Waals surface area contributed by atoms with Crippen molar-refractivity contribution in [2.24, 2.45) is 5.73 Å². The summed E-state index contributed by atoms with van der Waals surface area (Å²) >= 11 is 5.37. The number of thiazole rings is 1. The molecule has 110 valence electrons. The molecule has 0 aliphatic heterocycles. The SMILES string of the molecule is CCC(N)C(Sc1nc2ccccc2s1)c1sccc1C. The Hall–Kier alpha value is -0.880. The molecular weight excluding hydrogens is 316 g/mol. The lowest BCUT2D eigenvalue weighted by atomic mass is 10.1. The number of rotatable bonds is 5. The molecule has 3 aromatic rings. The van der Waals surface area contributed by atoms with Gasteiger partial charge in [0.15, 0.2) is 4.34 Å². The molecular formula is C16H18N2S3. The van der Waals surface area contributed by atoms with Crippen molar-refractivity contribution in [3.05, 3.63) is 46.2 Å². The first kappa shape index (κ1) is 15.0. The molecule has 0 aliphatic carbocycles. The molecule has 3 rings (SSSR count). The topological polar surface area (TPSA) is 38.9 Å². The number of fused-ring (bicyclic) bond motifs is 1. The van der Waals surface area contributed by atoms with Crippen LogP contribution in [0.25, 0.3) is 10.2 Å². The number of hydrogen-bond acceptors (Lipinski definition) is 5. The molecule has 2 heterocycles. The van der Waals surface area contributed by atoms with E-state index in [9.17, 15) is 0 Å². The third-order valence-electron chi connectivity index (χ3n) is 3.52. The number of hydrogen-bond donors (Lipinski definition) is 1. The van der Waals surface area contributed by atoms with Gasteiger partial charge in [-0.25, -0.2) is 4.98 Å². The van der Waals surface area contributed by atoms with Crippen molar-refractivity contribution in [1.29, 1.82) is 0 Å². The highest BCUT2D eigenvalue weighted by Crippen LogP contribution is 2.43. The lowest BCUT2D eigenvalue weighted by Crippen LogP contribution is -2.25. The Morgan fingerprint density at radius 2 is 2.10 bits per heavy atom. The van der Waals surface area contributed by atoms with Gasteiger partial charge in [0.05, 0.1) is 15.5 Å². The van der Waals surface area contributed by atoms with Gasteiger partial charge < -0.3 is 5.73 Å². The summed E-state index contributed by atoms with van der Waals surface area (Å²) in [5.74, 6) is 0. The van der Waals surface area contributed by atoms with Crippen molar-refractivity contribution in [3.8, 4) is 0 Å². The Morgan fingerprint density at radius 1 is 1.29 bits per heavy atom. The number of nitrogens with zero attached hydrogens (tertiary/aromatic N) is 1. The van der Waals surface area contributed by atoms with Gasteiger partial charge >= 0.3 is 0 Å². The zero-order valence-corrected chi connectivity index (χ0v) is 14.5. The van der Waals surface area contributed by atoms with E-state index in [1.807, 2.05) is 17.8 Å². The molecule has 0 aliphatic rings. The maximum atomic E-state index is 6.38. The van der Waals surface area contributed by atoms with Crippen LogP contribution in [-0.4, -0.2) is 11.0 Å². The Balaban J connectivity index is 1.92. The Bertz CT molecular complexity index is 699. The molecule has 2 N–H and O–H groups in total. The average molecular weight is 335 g/mol. The fourth-order valence-corrected chi connectivity index (χ4v) is 6.03. The number of thioether (sulfide) groups is 1. The molecule has 2 nitrogen and oxygen atoms in total. The molecule has 1 aromatic carbocycles. The summed E-state index contributed by atoms with van der Waals surface area (Å²) in [5.41, 5.74) is 8.80. The van der Waals surface area contributed by atoms with Crippen molar-refractivity contribution in [2.45, 2.75) is 35.9 Å². The minimum absolute atomic E-state index is 0.152. The quantitative estimate of drug-likeness (QED) is 0.649. The molecule has 2 aromatic heterocycles. The summed E-state index contributed by atoms with van der Waals surface area (Å²) in [6, 6.07) is 10.6. The summed E-state index contributed by atoms with van der Waals surface area (Å²) in [6.07, 6.45) is 0.972. The van der Waals surface area contributed by atoms with Gasteiger partial charge in [0.2, 0.25) is 0 Å². The second-order valence-electron chi connectivity index (χ2n) is 5.03. The average Bonchev–Trinajstić information content (AvgIpc) is 3.09. The maximum Gasteiger partial charge on any atom is 0.151 e. The van der Waals surface area contributed by atoms with Crippen LogP contribution in [-0.2, 0) is 0 Å². The van der Waals surface area contributed by atoms with Crippen LogP contribution in [0.4, 0.5) is 0 Å². The van der Waals surface area contributed by atoms with Gasteiger partial charge in [0.25, 0.3) is 0 Å². The van der Waals surface area contributed by atoms with Crippen LogP contribution >= 0.6 is 34.4 Å². The third kappa shape index (κ3) is 3.16. The minimum atomic E-state index is 0.152. The molecule has 0 saturated carbocycles. The highest BCUT2D eigenvalue weighted by Gasteiger charge is 2.24. The van der Waals surface area contributed by atoms with Crippen molar-refractivity contribution in [1.82, 2.24) is 4.98 Å². The van der Waals surface area contributed by atoms with Gasteiger partial charge in [-0.2, -0.15) is 0 Å². The number of aromatic nitrogens is 1. The number of aryl methyl sites for hydroxylation is 1. The Morgan fingerprint density at radius 3 is 2.76 bits per heavy atom. The van der Waals surface area contributed by atoms with Crippen molar-refractivity contribution in [3.63, 3.8) is 0 Å². The lowest BCUT2D eigenvalue weighted by molar-refractivity contribution is 0.638. The van der Waals surface area contributed by atoms with E-state index in [4.69, 9.17) is 10.7 Å². The van der Waals surface area contributed by atoms with E-state index in [1.54, 1.807) is 22.7 Å². The summed E-state index contributed by atoms with van der Waals surface area (Å²) in [5, 5.41) is 2.44. The first-order valence-electron chi connectivity index (χ1n) is 7.01. The molecule has 0 radical (unpaired) electrons. The molecule has 5 heteroatoms. The van der Waals surface area contributed by atoms with E-state index in [0.29, 0.717) is 0 Å². The monoisotopic (exact) mass is 334 g/mol. The zero-order chi connectivity index (χ0) is 14.8. The van der Waals surface area contributed by atoms with E-state index in [-0.39, 0.29) is 11.3 Å². The lowest BCUT2D eigenvalue weighted by Gasteiger charge is -2.21. The summed E-state index contributed by atoms with van der Waals surface area (Å²) < 4.78 is 2.35. The summed E-state index contributed by atoms with van der Waals surface area (Å²) in [6.45, 7) is 4.32. The zero-order valence-electron chi connectivity index (χ0n) is 12.1. The third-order valence-corrected chi connectivity index (χ3v) is 7.28. The summed E-state index contributed by atoms with van der Waals surface area (Å²) in [7, 11) is 0. The van der Waals surface area contributed by atoms with Crippen molar-refractivity contribution in [2.75, 3.05) is 0 Å². The fourth-order valence-electron chi connectivity index (χ4n) is 2.24. The fraction of sp³-hybridized carbons (Fsp3) is 0.312. The van der Waals surface area contributed by atoms with Gasteiger partial charge in [-0.3, -0.25) is 0 Å². The van der Waals surface area contributed by atoms with Gasteiger partial charge in [-0.15, -0.1) is 22.7 Å². The summed E-state index contributed by atoms with van der Waals surface area (Å²) in [4.78, 5) is 6.12. The molecule has 2 unspecified atom stereocenters. The van der Waals surface area contributed by atoms with Gasteiger partial charge in [-0.1, -0.05) is 30.8 Å². The number of benzene rings is 1. The smallest absolute Gasteiger partial charge is 0.151 e. The van der Waals surface area contributed by atoms with Crippen LogP contribution in [0.3, 0.4) is 0 Å². The molecule has 21 heavy (non-hydrogen) atoms. The number of para-hydroxylation sites is 1. The molecule has 0 bridgehead atoms. The minimum Gasteiger partial charge on any atom is -0.326 e. The van der Waals surface area contributed by atoms with E-state index in [0.717, 1.165) is 16.3 Å². The van der Waals surface area contributed by atoms with Crippen molar-refractivity contribution >= 4 is 44.7 Å². The van der Waals surface area contributed by atoms with Crippen LogP contribution in [0.15, 0.2) is 40.1 Å². The maximum absolute atomic E-state index is 6.38. The predicted molar refractivity (Wildman–Crippen MR) is 95.5 cm³/mol. The molecule has 0 spiro atoms. The van der Waals surface area contributed by atoms with E-state index in [1.165, 1.54) is 15.1 Å². The second kappa shape index (κ2) is 6.48. The molecule has 0 fully saturated rings. The first-order valence-corrected chi connectivity index (χ1v) is 9.58. The largest absolute Gasteiger partial charge is 0.326 e. The Labute approximate surface area is 137 Å². The Kier molecular flexibility index (Phi) is 4.64. The normalized spacial score (nSPS) is 14.4. The standard InChI is InChI=1S/C16H18N2S3/c1-3-11(17)15(14-10(2)8-9-19-14)21-16-18-12-6-4-5-7-13(12)20-16/h4-9,11,15H,3,17H2,1-2H3. The first-order chi connectivity index (χ1) is 10.2. The van der Waals surface area contributed by atoms with Gasteiger partial charge in [-0.05, 0) is 42.5 Å².